The van der Waals surface area contributed by atoms with Crippen LogP contribution in [0.25, 0.3) is 16.8 Å². The molecular weight excluding hydrogens is 521 g/mol. The van der Waals surface area contributed by atoms with E-state index in [2.05, 4.69) is 15.4 Å². The summed E-state index contributed by atoms with van der Waals surface area (Å²) < 4.78 is 52.4. The van der Waals surface area contributed by atoms with Gasteiger partial charge in [-0.1, -0.05) is 24.3 Å². The molecule has 1 aliphatic heterocycles. The van der Waals surface area contributed by atoms with Crippen molar-refractivity contribution in [3.05, 3.63) is 90.0 Å². The summed E-state index contributed by atoms with van der Waals surface area (Å²) in [7, 11) is 0. The van der Waals surface area contributed by atoms with Crippen LogP contribution in [0.1, 0.15) is 29.5 Å². The molecule has 1 amide bonds. The number of nitrogens with one attached hydrogen (secondary N) is 1. The summed E-state index contributed by atoms with van der Waals surface area (Å²) in [5.74, 6) is 0.761. The van der Waals surface area contributed by atoms with E-state index in [0.29, 0.717) is 18.2 Å². The van der Waals surface area contributed by atoms with Crippen LogP contribution in [0.3, 0.4) is 0 Å². The highest BCUT2D eigenvalue weighted by Crippen LogP contribution is 2.32. The van der Waals surface area contributed by atoms with Crippen molar-refractivity contribution in [1.82, 2.24) is 14.8 Å². The number of halogens is 3. The Kier molecular flexibility index (Phi) is 8.16. The average Bonchev–Trinajstić information content (AvgIpc) is 3.43. The number of hydrogen-bond donors (Lipinski definition) is 1. The summed E-state index contributed by atoms with van der Waals surface area (Å²) in [5, 5.41) is 7.31. The molecule has 0 radical (unpaired) electrons. The lowest BCUT2D eigenvalue weighted by atomic mass is 10.0. The van der Waals surface area contributed by atoms with Crippen LogP contribution in [0.15, 0.2) is 73.3 Å². The lowest BCUT2D eigenvalue weighted by molar-refractivity contribution is -0.137. The van der Waals surface area contributed by atoms with Crippen LogP contribution in [-0.4, -0.2) is 40.5 Å². The SMILES string of the molecule is Cc1ccc(NC(=O)Cc2cccc(C(F)(F)F)c2)cc1-n1cc(-c2cnccc2OCC2CCOCC2)cn1. The normalized spacial score (nSPS) is 14.2. The molecule has 0 atom stereocenters. The maximum Gasteiger partial charge on any atom is 0.416 e. The van der Waals surface area contributed by atoms with Crippen LogP contribution < -0.4 is 10.1 Å². The summed E-state index contributed by atoms with van der Waals surface area (Å²) in [4.78, 5) is 16.9. The third kappa shape index (κ3) is 6.69. The molecule has 5 rings (SSSR count). The Labute approximate surface area is 230 Å². The van der Waals surface area contributed by atoms with Gasteiger partial charge in [0.1, 0.15) is 5.75 Å². The first-order valence-corrected chi connectivity index (χ1v) is 13.0. The molecule has 1 N–H and O–H groups in total. The molecule has 0 bridgehead atoms. The highest BCUT2D eigenvalue weighted by molar-refractivity contribution is 5.92. The fourth-order valence-corrected chi connectivity index (χ4v) is 4.62. The lowest BCUT2D eigenvalue weighted by Gasteiger charge is -2.22. The van der Waals surface area contributed by atoms with E-state index in [-0.39, 0.29) is 12.0 Å². The molecule has 4 aromatic rings. The van der Waals surface area contributed by atoms with Crippen LogP contribution in [0.2, 0.25) is 0 Å². The van der Waals surface area contributed by atoms with Crippen LogP contribution in [0.4, 0.5) is 18.9 Å². The summed E-state index contributed by atoms with van der Waals surface area (Å²) >= 11 is 0. The topological polar surface area (TPSA) is 78.3 Å². The number of aryl methyl sites for hydroxylation is 1. The molecule has 7 nitrogen and oxygen atoms in total. The zero-order valence-electron chi connectivity index (χ0n) is 21.9. The molecule has 2 aromatic heterocycles. The molecule has 1 fully saturated rings. The molecule has 0 saturated carbocycles. The van der Waals surface area contributed by atoms with Crippen LogP contribution in [0, 0.1) is 12.8 Å². The van der Waals surface area contributed by atoms with Crippen LogP contribution in [-0.2, 0) is 22.1 Å². The molecule has 1 saturated heterocycles. The van der Waals surface area contributed by atoms with Crippen LogP contribution in [0.5, 0.6) is 5.75 Å². The number of nitrogens with zero attached hydrogens (tertiary/aromatic N) is 3. The van der Waals surface area contributed by atoms with Crippen molar-refractivity contribution in [2.45, 2.75) is 32.4 Å². The minimum Gasteiger partial charge on any atom is -0.493 e. The first kappa shape index (κ1) is 27.4. The van der Waals surface area contributed by atoms with Crippen molar-refractivity contribution in [1.29, 1.82) is 0 Å². The number of hydrogen-bond acceptors (Lipinski definition) is 5. The molecule has 0 spiro atoms. The highest BCUT2D eigenvalue weighted by atomic mass is 19.4. The van der Waals surface area contributed by atoms with E-state index in [1.807, 2.05) is 25.3 Å². The van der Waals surface area contributed by atoms with Gasteiger partial charge in [0.25, 0.3) is 0 Å². The molecule has 3 heterocycles. The van der Waals surface area contributed by atoms with E-state index in [9.17, 15) is 18.0 Å². The minimum absolute atomic E-state index is 0.184. The molecule has 208 valence electrons. The predicted molar refractivity (Wildman–Crippen MR) is 144 cm³/mol. The Bertz CT molecular complexity index is 1480. The first-order valence-electron chi connectivity index (χ1n) is 13.0. The van der Waals surface area contributed by atoms with Gasteiger partial charge in [0, 0.05) is 48.6 Å². The Morgan fingerprint density at radius 2 is 1.95 bits per heavy atom. The van der Waals surface area contributed by atoms with E-state index in [1.54, 1.807) is 35.4 Å². The summed E-state index contributed by atoms with van der Waals surface area (Å²) in [5.41, 5.74) is 3.33. The van der Waals surface area contributed by atoms with Crippen molar-refractivity contribution in [3.63, 3.8) is 0 Å². The molecule has 1 aliphatic rings. The van der Waals surface area contributed by atoms with Gasteiger partial charge >= 0.3 is 6.18 Å². The smallest absolute Gasteiger partial charge is 0.416 e. The highest BCUT2D eigenvalue weighted by Gasteiger charge is 2.30. The minimum atomic E-state index is -4.46. The maximum atomic E-state index is 13.0. The Balaban J connectivity index is 1.30. The maximum absolute atomic E-state index is 13.0. The number of aromatic nitrogens is 3. The quantitative estimate of drug-likeness (QED) is 0.281. The first-order chi connectivity index (χ1) is 19.3. The van der Waals surface area contributed by atoms with E-state index in [0.717, 1.165) is 66.3 Å². The number of carbonyl (C=O) groups is 1. The van der Waals surface area contributed by atoms with Crippen molar-refractivity contribution in [2.24, 2.45) is 5.92 Å². The largest absolute Gasteiger partial charge is 0.493 e. The van der Waals surface area contributed by atoms with E-state index in [4.69, 9.17) is 9.47 Å². The van der Waals surface area contributed by atoms with Crippen molar-refractivity contribution in [3.8, 4) is 22.6 Å². The number of amides is 1. The van der Waals surface area contributed by atoms with E-state index >= 15 is 0 Å². The Hall–Kier alpha value is -4.18. The Morgan fingerprint density at radius 3 is 2.75 bits per heavy atom. The number of carbonyl (C=O) groups excluding carboxylic acids is 1. The van der Waals surface area contributed by atoms with Gasteiger partial charge in [-0.15, -0.1) is 0 Å². The monoisotopic (exact) mass is 550 g/mol. The Morgan fingerprint density at radius 1 is 1.12 bits per heavy atom. The number of anilines is 1. The fourth-order valence-electron chi connectivity index (χ4n) is 4.62. The standard InChI is InChI=1S/C30H29F3N4O3/c1-20-5-6-25(36-29(38)14-22-3-2-4-24(13-22)30(31,32)33)15-27(20)37-18-23(16-35-37)26-17-34-10-7-28(26)40-19-21-8-11-39-12-9-21/h2-7,10,13,15-18,21H,8-9,11-12,14,19H2,1H3,(H,36,38). The third-order valence-corrected chi connectivity index (χ3v) is 6.85. The van der Waals surface area contributed by atoms with Gasteiger partial charge in [-0.2, -0.15) is 18.3 Å². The number of benzene rings is 2. The van der Waals surface area contributed by atoms with Gasteiger partial charge in [0.05, 0.1) is 30.5 Å². The van der Waals surface area contributed by atoms with Gasteiger partial charge in [-0.3, -0.25) is 9.78 Å². The fraction of sp³-hybridized carbons (Fsp3) is 0.300. The summed E-state index contributed by atoms with van der Waals surface area (Å²) in [6.07, 6.45) is 4.35. The molecule has 40 heavy (non-hydrogen) atoms. The van der Waals surface area contributed by atoms with E-state index in [1.165, 1.54) is 12.1 Å². The van der Waals surface area contributed by atoms with Gasteiger partial charge in [-0.05, 0) is 61.1 Å². The van der Waals surface area contributed by atoms with Gasteiger partial charge < -0.3 is 14.8 Å². The predicted octanol–water partition coefficient (Wildman–Crippen LogP) is 6.25. The van der Waals surface area contributed by atoms with E-state index < -0.39 is 17.6 Å². The van der Waals surface area contributed by atoms with Crippen molar-refractivity contribution < 1.29 is 27.4 Å². The molecular formula is C30H29F3N4O3. The van der Waals surface area contributed by atoms with Crippen molar-refractivity contribution in [2.75, 3.05) is 25.1 Å². The molecule has 10 heteroatoms. The molecule has 2 aromatic carbocycles. The second-order valence-electron chi connectivity index (χ2n) is 9.84. The number of ether oxygens (including phenoxy) is 2. The second-order valence-corrected chi connectivity index (χ2v) is 9.84. The summed E-state index contributed by atoms with van der Waals surface area (Å²) in [6, 6.07) is 12.0. The number of pyridine rings is 1. The third-order valence-electron chi connectivity index (χ3n) is 6.85. The number of rotatable bonds is 8. The molecule has 0 aliphatic carbocycles. The zero-order valence-corrected chi connectivity index (χ0v) is 21.9. The average molecular weight is 551 g/mol. The molecule has 0 unspecified atom stereocenters. The number of alkyl halides is 3. The van der Waals surface area contributed by atoms with Crippen LogP contribution >= 0.6 is 0 Å². The second kappa shape index (κ2) is 11.9. The summed E-state index contributed by atoms with van der Waals surface area (Å²) in [6.45, 7) is 4.05. The van der Waals surface area contributed by atoms with Crippen molar-refractivity contribution >= 4 is 11.6 Å². The lowest BCUT2D eigenvalue weighted by Crippen LogP contribution is -2.21. The zero-order chi connectivity index (χ0) is 28.1. The van der Waals surface area contributed by atoms with Gasteiger partial charge in [0.2, 0.25) is 5.91 Å². The van der Waals surface area contributed by atoms with Gasteiger partial charge in [-0.25, -0.2) is 4.68 Å². The van der Waals surface area contributed by atoms with Gasteiger partial charge in [0.15, 0.2) is 0 Å².